The van der Waals surface area contributed by atoms with E-state index in [0.717, 1.165) is 33.7 Å². The second-order valence-electron chi connectivity index (χ2n) is 7.20. The fourth-order valence-electron chi connectivity index (χ4n) is 3.23. The molecule has 2 heterocycles. The number of pyridine rings is 1. The van der Waals surface area contributed by atoms with Gasteiger partial charge < -0.3 is 10.1 Å². The number of nitrogens with zero attached hydrogens (tertiary/aromatic N) is 3. The summed E-state index contributed by atoms with van der Waals surface area (Å²) in [7, 11) is 0. The highest BCUT2D eigenvalue weighted by Gasteiger charge is 2.07. The van der Waals surface area contributed by atoms with Gasteiger partial charge in [0.05, 0.1) is 24.1 Å². The largest absolute Gasteiger partial charge is 0.493 e. The molecule has 0 aliphatic heterocycles. The van der Waals surface area contributed by atoms with Crippen molar-refractivity contribution in [2.75, 3.05) is 6.61 Å². The molecule has 0 aliphatic rings. The molecule has 1 N–H and O–H groups in total. The summed E-state index contributed by atoms with van der Waals surface area (Å²) in [5.41, 5.74) is 5.16. The predicted molar refractivity (Wildman–Crippen MR) is 117 cm³/mol. The molecule has 6 nitrogen and oxygen atoms in total. The van der Waals surface area contributed by atoms with Crippen LogP contribution in [0.25, 0.3) is 16.9 Å². The van der Waals surface area contributed by atoms with Gasteiger partial charge in [0, 0.05) is 12.7 Å². The molecule has 30 heavy (non-hydrogen) atoms. The average molecular weight is 400 g/mol. The Balaban J connectivity index is 1.29. The van der Waals surface area contributed by atoms with Crippen molar-refractivity contribution in [3.63, 3.8) is 0 Å². The quantitative estimate of drug-likeness (QED) is 0.507. The number of para-hydroxylation sites is 2. The fraction of sp³-hybridized carbons (Fsp3) is 0.208. The highest BCUT2D eigenvalue weighted by Crippen LogP contribution is 2.20. The van der Waals surface area contributed by atoms with Crippen LogP contribution in [-0.2, 0) is 11.3 Å². The summed E-state index contributed by atoms with van der Waals surface area (Å²) >= 11 is 0. The zero-order valence-corrected chi connectivity index (χ0v) is 17.1. The van der Waals surface area contributed by atoms with E-state index in [9.17, 15) is 4.79 Å². The minimum Gasteiger partial charge on any atom is -0.493 e. The van der Waals surface area contributed by atoms with Crippen LogP contribution < -0.4 is 10.1 Å². The minimum absolute atomic E-state index is 0.0509. The minimum atomic E-state index is -0.0509. The number of ether oxygens (including phenoxy) is 1. The number of rotatable bonds is 7. The van der Waals surface area contributed by atoms with E-state index in [1.165, 1.54) is 5.56 Å². The van der Waals surface area contributed by atoms with Crippen molar-refractivity contribution in [3.8, 4) is 11.6 Å². The van der Waals surface area contributed by atoms with Crippen LogP contribution in [0.2, 0.25) is 0 Å². The van der Waals surface area contributed by atoms with Crippen molar-refractivity contribution < 1.29 is 9.53 Å². The first-order valence-electron chi connectivity index (χ1n) is 9.95. The van der Waals surface area contributed by atoms with Gasteiger partial charge in [-0.05, 0) is 54.8 Å². The lowest BCUT2D eigenvalue weighted by atomic mass is 10.1. The van der Waals surface area contributed by atoms with Gasteiger partial charge in [-0.1, -0.05) is 30.3 Å². The van der Waals surface area contributed by atoms with E-state index in [-0.39, 0.29) is 5.91 Å². The first-order valence-corrected chi connectivity index (χ1v) is 9.95. The maximum Gasteiger partial charge on any atom is 0.223 e. The molecule has 152 valence electrons. The third-order valence-corrected chi connectivity index (χ3v) is 5.14. The summed E-state index contributed by atoms with van der Waals surface area (Å²) in [4.78, 5) is 21.0. The lowest BCUT2D eigenvalue weighted by Crippen LogP contribution is -2.24. The van der Waals surface area contributed by atoms with Gasteiger partial charge in [-0.25, -0.2) is 9.97 Å². The van der Waals surface area contributed by atoms with Crippen LogP contribution >= 0.6 is 0 Å². The monoisotopic (exact) mass is 400 g/mol. The van der Waals surface area contributed by atoms with E-state index in [1.807, 2.05) is 73.0 Å². The molecule has 0 unspecified atom stereocenters. The van der Waals surface area contributed by atoms with Crippen LogP contribution in [0.3, 0.4) is 0 Å². The zero-order valence-electron chi connectivity index (χ0n) is 17.1. The molecule has 2 aromatic heterocycles. The molecule has 0 bridgehead atoms. The van der Waals surface area contributed by atoms with E-state index in [2.05, 4.69) is 15.3 Å². The van der Waals surface area contributed by atoms with Gasteiger partial charge in [0.1, 0.15) is 17.9 Å². The van der Waals surface area contributed by atoms with Crippen LogP contribution in [0.5, 0.6) is 5.75 Å². The Bertz CT molecular complexity index is 1170. The molecule has 2 aromatic carbocycles. The van der Waals surface area contributed by atoms with Crippen molar-refractivity contribution >= 4 is 16.9 Å². The Labute approximate surface area is 175 Å². The van der Waals surface area contributed by atoms with Gasteiger partial charge >= 0.3 is 0 Å². The van der Waals surface area contributed by atoms with E-state index >= 15 is 0 Å². The van der Waals surface area contributed by atoms with Crippen molar-refractivity contribution in [2.24, 2.45) is 0 Å². The van der Waals surface area contributed by atoms with Crippen LogP contribution in [0.1, 0.15) is 23.1 Å². The van der Waals surface area contributed by atoms with E-state index in [0.29, 0.717) is 19.6 Å². The van der Waals surface area contributed by atoms with Crippen LogP contribution in [0.15, 0.2) is 67.1 Å². The Morgan fingerprint density at radius 2 is 1.90 bits per heavy atom. The Morgan fingerprint density at radius 1 is 1.03 bits per heavy atom. The van der Waals surface area contributed by atoms with Crippen molar-refractivity contribution in [1.82, 2.24) is 19.9 Å². The molecule has 0 saturated carbocycles. The van der Waals surface area contributed by atoms with E-state index in [1.54, 1.807) is 12.5 Å². The number of benzene rings is 2. The molecule has 0 spiro atoms. The van der Waals surface area contributed by atoms with Gasteiger partial charge in [-0.3, -0.25) is 9.36 Å². The summed E-state index contributed by atoms with van der Waals surface area (Å²) in [6.07, 6.45) is 3.85. The Morgan fingerprint density at radius 3 is 2.73 bits per heavy atom. The van der Waals surface area contributed by atoms with Crippen molar-refractivity contribution in [2.45, 2.75) is 26.8 Å². The van der Waals surface area contributed by atoms with Gasteiger partial charge in [0.2, 0.25) is 5.91 Å². The molecular weight excluding hydrogens is 376 g/mol. The topological polar surface area (TPSA) is 69.0 Å². The standard InChI is InChI=1S/C24H24N4O2/c1-17-6-5-9-22(18(17)2)30-13-12-24(29)26-15-19-10-11-23(25-14-19)28-16-27-20-7-3-4-8-21(20)28/h3-11,14,16H,12-13,15H2,1-2H3,(H,26,29). The normalized spacial score (nSPS) is 10.9. The zero-order chi connectivity index (χ0) is 20.9. The number of carbonyl (C=O) groups is 1. The second kappa shape index (κ2) is 8.78. The summed E-state index contributed by atoms with van der Waals surface area (Å²) in [6, 6.07) is 17.8. The number of imidazole rings is 1. The van der Waals surface area contributed by atoms with Crippen molar-refractivity contribution in [3.05, 3.63) is 83.8 Å². The lowest BCUT2D eigenvalue weighted by molar-refractivity contribution is -0.121. The number of carbonyl (C=O) groups excluding carboxylic acids is 1. The van der Waals surface area contributed by atoms with Gasteiger partial charge in [-0.2, -0.15) is 0 Å². The SMILES string of the molecule is Cc1cccc(OCCC(=O)NCc2ccc(-n3cnc4ccccc43)nc2)c1C. The number of aromatic nitrogens is 3. The number of hydrogen-bond donors (Lipinski definition) is 1. The maximum atomic E-state index is 12.1. The van der Waals surface area contributed by atoms with Gasteiger partial charge in [-0.15, -0.1) is 0 Å². The first-order chi connectivity index (χ1) is 14.6. The molecular formula is C24H24N4O2. The summed E-state index contributed by atoms with van der Waals surface area (Å²) < 4.78 is 7.70. The number of hydrogen-bond acceptors (Lipinski definition) is 4. The Hall–Kier alpha value is -3.67. The first kappa shape index (κ1) is 19.6. The van der Waals surface area contributed by atoms with Crippen LogP contribution in [-0.4, -0.2) is 27.0 Å². The van der Waals surface area contributed by atoms with Gasteiger partial charge in [0.25, 0.3) is 0 Å². The third kappa shape index (κ3) is 4.33. The maximum absolute atomic E-state index is 12.1. The molecule has 0 aliphatic carbocycles. The van der Waals surface area contributed by atoms with Gasteiger partial charge in [0.15, 0.2) is 0 Å². The fourth-order valence-corrected chi connectivity index (χ4v) is 3.23. The highest BCUT2D eigenvalue weighted by atomic mass is 16.5. The molecule has 0 atom stereocenters. The van der Waals surface area contributed by atoms with Crippen molar-refractivity contribution in [1.29, 1.82) is 0 Å². The number of amides is 1. The molecule has 4 aromatic rings. The molecule has 6 heteroatoms. The number of fused-ring (bicyclic) bond motifs is 1. The van der Waals surface area contributed by atoms with E-state index < -0.39 is 0 Å². The number of aryl methyl sites for hydroxylation is 1. The highest BCUT2D eigenvalue weighted by molar-refractivity contribution is 5.77. The molecule has 0 fully saturated rings. The lowest BCUT2D eigenvalue weighted by Gasteiger charge is -2.11. The van der Waals surface area contributed by atoms with Crippen LogP contribution in [0, 0.1) is 13.8 Å². The molecule has 1 amide bonds. The van der Waals surface area contributed by atoms with E-state index in [4.69, 9.17) is 4.74 Å². The van der Waals surface area contributed by atoms with Crippen LogP contribution in [0.4, 0.5) is 0 Å². The molecule has 4 rings (SSSR count). The predicted octanol–water partition coefficient (Wildman–Crippen LogP) is 4.12. The summed E-state index contributed by atoms with van der Waals surface area (Å²) in [5.74, 6) is 1.57. The second-order valence-corrected chi connectivity index (χ2v) is 7.20. The average Bonchev–Trinajstić information content (AvgIpc) is 3.20. The Kier molecular flexibility index (Phi) is 5.75. The summed E-state index contributed by atoms with van der Waals surface area (Å²) in [6.45, 7) is 4.85. The molecule has 0 saturated heterocycles. The number of nitrogens with one attached hydrogen (secondary N) is 1. The smallest absolute Gasteiger partial charge is 0.223 e. The summed E-state index contributed by atoms with van der Waals surface area (Å²) in [5, 5.41) is 2.92. The molecule has 0 radical (unpaired) electrons. The third-order valence-electron chi connectivity index (χ3n) is 5.14.